The minimum atomic E-state index is -0.502. The van der Waals surface area contributed by atoms with E-state index in [0.29, 0.717) is 18.4 Å². The Morgan fingerprint density at radius 3 is 2.94 bits per heavy atom. The number of nitrogens with zero attached hydrogens (tertiary/aromatic N) is 2. The summed E-state index contributed by atoms with van der Waals surface area (Å²) in [6, 6.07) is 0. The number of ether oxygens (including phenoxy) is 1. The first-order chi connectivity index (χ1) is 7.56. The molecule has 0 aliphatic heterocycles. The van der Waals surface area contributed by atoms with E-state index in [9.17, 15) is 9.90 Å². The van der Waals surface area contributed by atoms with Gasteiger partial charge in [-0.2, -0.15) is 5.10 Å². The van der Waals surface area contributed by atoms with Gasteiger partial charge in [0.1, 0.15) is 5.56 Å². The van der Waals surface area contributed by atoms with Gasteiger partial charge in [0.15, 0.2) is 0 Å². The lowest BCUT2D eigenvalue weighted by Crippen LogP contribution is -2.12. The van der Waals surface area contributed by atoms with E-state index in [1.165, 1.54) is 13.3 Å². The first kappa shape index (κ1) is 11.1. The van der Waals surface area contributed by atoms with Crippen molar-refractivity contribution in [3.8, 4) is 0 Å². The molecule has 1 heterocycles. The Balaban J connectivity index is 2.11. The SMILES string of the molecule is COC(=O)c1cnn(C)c1CCC1(O)CC1. The Hall–Kier alpha value is -1.36. The van der Waals surface area contributed by atoms with E-state index in [-0.39, 0.29) is 5.97 Å². The van der Waals surface area contributed by atoms with E-state index in [1.54, 1.807) is 11.7 Å². The Bertz CT molecular complexity index is 407. The largest absolute Gasteiger partial charge is 0.465 e. The van der Waals surface area contributed by atoms with Crippen molar-refractivity contribution >= 4 is 5.97 Å². The van der Waals surface area contributed by atoms with Crippen molar-refractivity contribution < 1.29 is 14.6 Å². The number of aryl methyl sites for hydroxylation is 1. The predicted octanol–water partition coefficient (Wildman–Crippen LogP) is 0.664. The average Bonchev–Trinajstić information content (AvgIpc) is 2.88. The first-order valence-corrected chi connectivity index (χ1v) is 5.37. The highest BCUT2D eigenvalue weighted by atomic mass is 16.5. The maximum atomic E-state index is 11.4. The first-order valence-electron chi connectivity index (χ1n) is 5.37. The molecule has 1 saturated carbocycles. The third-order valence-corrected chi connectivity index (χ3v) is 3.12. The van der Waals surface area contributed by atoms with E-state index in [2.05, 4.69) is 9.84 Å². The van der Waals surface area contributed by atoms with Crippen LogP contribution in [0.4, 0.5) is 0 Å². The zero-order valence-electron chi connectivity index (χ0n) is 9.56. The number of carbonyl (C=O) groups is 1. The van der Waals surface area contributed by atoms with Crippen LogP contribution in [-0.4, -0.2) is 33.6 Å². The van der Waals surface area contributed by atoms with Crippen LogP contribution >= 0.6 is 0 Å². The monoisotopic (exact) mass is 224 g/mol. The lowest BCUT2D eigenvalue weighted by Gasteiger charge is -2.08. The summed E-state index contributed by atoms with van der Waals surface area (Å²) >= 11 is 0. The fourth-order valence-electron chi connectivity index (χ4n) is 1.79. The van der Waals surface area contributed by atoms with Crippen molar-refractivity contribution in [3.63, 3.8) is 0 Å². The van der Waals surface area contributed by atoms with Crippen LogP contribution in [0.5, 0.6) is 0 Å². The van der Waals surface area contributed by atoms with Crippen molar-refractivity contribution in [3.05, 3.63) is 17.5 Å². The number of carbonyl (C=O) groups excluding carboxylic acids is 1. The number of esters is 1. The number of aromatic nitrogens is 2. The summed E-state index contributed by atoms with van der Waals surface area (Å²) in [5.74, 6) is -0.370. The molecular formula is C11H16N2O3. The second-order valence-corrected chi connectivity index (χ2v) is 4.34. The minimum absolute atomic E-state index is 0.370. The van der Waals surface area contributed by atoms with Crippen molar-refractivity contribution in [2.75, 3.05) is 7.11 Å². The van der Waals surface area contributed by atoms with Gasteiger partial charge in [0, 0.05) is 7.05 Å². The van der Waals surface area contributed by atoms with Crippen LogP contribution in [0.3, 0.4) is 0 Å². The molecule has 5 heteroatoms. The molecular weight excluding hydrogens is 208 g/mol. The van der Waals surface area contributed by atoms with Gasteiger partial charge in [0.2, 0.25) is 0 Å². The molecule has 0 atom stereocenters. The molecule has 0 bridgehead atoms. The molecule has 88 valence electrons. The number of methoxy groups -OCH3 is 1. The quantitative estimate of drug-likeness (QED) is 0.763. The molecule has 1 aliphatic rings. The highest BCUT2D eigenvalue weighted by Crippen LogP contribution is 2.39. The molecule has 0 aromatic carbocycles. The predicted molar refractivity (Wildman–Crippen MR) is 57.1 cm³/mol. The zero-order valence-corrected chi connectivity index (χ0v) is 9.56. The molecule has 1 aliphatic carbocycles. The van der Waals surface area contributed by atoms with Crippen LogP contribution in [0.15, 0.2) is 6.20 Å². The van der Waals surface area contributed by atoms with E-state index >= 15 is 0 Å². The molecule has 0 saturated heterocycles. The van der Waals surface area contributed by atoms with Crippen LogP contribution < -0.4 is 0 Å². The molecule has 16 heavy (non-hydrogen) atoms. The Kier molecular flexibility index (Phi) is 2.71. The summed E-state index contributed by atoms with van der Waals surface area (Å²) < 4.78 is 6.35. The molecule has 0 amide bonds. The molecule has 5 nitrogen and oxygen atoms in total. The lowest BCUT2D eigenvalue weighted by atomic mass is 10.1. The van der Waals surface area contributed by atoms with E-state index in [1.807, 2.05) is 0 Å². The van der Waals surface area contributed by atoms with E-state index in [4.69, 9.17) is 0 Å². The highest BCUT2D eigenvalue weighted by molar-refractivity contribution is 5.90. The third-order valence-electron chi connectivity index (χ3n) is 3.12. The number of hydrogen-bond acceptors (Lipinski definition) is 4. The van der Waals surface area contributed by atoms with E-state index < -0.39 is 5.60 Å². The zero-order chi connectivity index (χ0) is 11.8. The van der Waals surface area contributed by atoms with Gasteiger partial charge >= 0.3 is 5.97 Å². The molecule has 0 unspecified atom stereocenters. The summed E-state index contributed by atoms with van der Waals surface area (Å²) in [5.41, 5.74) is 0.818. The van der Waals surface area contributed by atoms with Gasteiger partial charge in [-0.25, -0.2) is 4.79 Å². The van der Waals surface area contributed by atoms with Crippen LogP contribution in [-0.2, 0) is 18.2 Å². The molecule has 2 rings (SSSR count). The number of rotatable bonds is 4. The van der Waals surface area contributed by atoms with Crippen LogP contribution in [0.2, 0.25) is 0 Å². The second kappa shape index (κ2) is 3.90. The summed E-state index contributed by atoms with van der Waals surface area (Å²) in [7, 11) is 3.15. The minimum Gasteiger partial charge on any atom is -0.465 e. The second-order valence-electron chi connectivity index (χ2n) is 4.34. The highest BCUT2D eigenvalue weighted by Gasteiger charge is 2.40. The number of aliphatic hydroxyl groups is 1. The van der Waals surface area contributed by atoms with Gasteiger partial charge < -0.3 is 9.84 Å². The van der Waals surface area contributed by atoms with Crippen molar-refractivity contribution in [1.29, 1.82) is 0 Å². The van der Waals surface area contributed by atoms with Gasteiger partial charge in [-0.3, -0.25) is 4.68 Å². The molecule has 1 aromatic heterocycles. The Morgan fingerprint density at radius 1 is 1.69 bits per heavy atom. The fourth-order valence-corrected chi connectivity index (χ4v) is 1.79. The van der Waals surface area contributed by atoms with Crippen molar-refractivity contribution in [1.82, 2.24) is 9.78 Å². The van der Waals surface area contributed by atoms with Gasteiger partial charge in [-0.15, -0.1) is 0 Å². The third kappa shape index (κ3) is 2.09. The van der Waals surface area contributed by atoms with Crippen LogP contribution in [0.1, 0.15) is 35.3 Å². The molecule has 1 fully saturated rings. The van der Waals surface area contributed by atoms with Gasteiger partial charge in [-0.05, 0) is 25.7 Å². The number of hydrogen-bond donors (Lipinski definition) is 1. The summed E-state index contributed by atoms with van der Waals surface area (Å²) in [4.78, 5) is 11.4. The normalized spacial score (nSPS) is 17.2. The van der Waals surface area contributed by atoms with Crippen LogP contribution in [0.25, 0.3) is 0 Å². The summed E-state index contributed by atoms with van der Waals surface area (Å²) in [6.07, 6.45) is 4.56. The van der Waals surface area contributed by atoms with E-state index in [0.717, 1.165) is 18.5 Å². The van der Waals surface area contributed by atoms with Crippen molar-refractivity contribution in [2.45, 2.75) is 31.3 Å². The molecule has 0 spiro atoms. The fraction of sp³-hybridized carbons (Fsp3) is 0.636. The van der Waals surface area contributed by atoms with Gasteiger partial charge in [0.25, 0.3) is 0 Å². The van der Waals surface area contributed by atoms with Crippen LogP contribution in [0, 0.1) is 0 Å². The van der Waals surface area contributed by atoms with Gasteiger partial charge in [-0.1, -0.05) is 0 Å². The maximum Gasteiger partial charge on any atom is 0.341 e. The Morgan fingerprint density at radius 2 is 2.38 bits per heavy atom. The standard InChI is InChI=1S/C11H16N2O3/c1-13-9(3-4-11(15)5-6-11)8(7-12-13)10(14)16-2/h7,15H,3-6H2,1-2H3. The van der Waals surface area contributed by atoms with Gasteiger partial charge in [0.05, 0.1) is 24.6 Å². The molecule has 1 N–H and O–H groups in total. The average molecular weight is 224 g/mol. The molecule has 0 radical (unpaired) electrons. The summed E-state index contributed by atoms with van der Waals surface area (Å²) in [6.45, 7) is 0. The Labute approximate surface area is 94.0 Å². The lowest BCUT2D eigenvalue weighted by molar-refractivity contribution is 0.0598. The summed E-state index contributed by atoms with van der Waals surface area (Å²) in [5, 5.41) is 13.8. The maximum absolute atomic E-state index is 11.4. The molecule has 1 aromatic rings. The smallest absolute Gasteiger partial charge is 0.341 e. The topological polar surface area (TPSA) is 64.3 Å². The van der Waals surface area contributed by atoms with Crippen molar-refractivity contribution in [2.24, 2.45) is 7.05 Å².